The summed E-state index contributed by atoms with van der Waals surface area (Å²) in [4.78, 5) is 2.68. The number of nitrogens with one attached hydrogen (secondary N) is 1. The maximum absolute atomic E-state index is 6.24. The third-order valence-corrected chi connectivity index (χ3v) is 5.35. The Bertz CT molecular complexity index is 244. The standard InChI is InChI=1S/C14H27N3/c15-13-10-16-7-4-14(13)17-8-5-12(6-9-17)11-2-1-3-11/h11-14,16H,1-10,15H2. The average Bonchev–Trinajstić information content (AvgIpc) is 2.29. The van der Waals surface area contributed by atoms with Crippen LogP contribution in [0.1, 0.15) is 38.5 Å². The van der Waals surface area contributed by atoms with Crippen LogP contribution in [0.5, 0.6) is 0 Å². The number of hydrogen-bond acceptors (Lipinski definition) is 3. The van der Waals surface area contributed by atoms with Crippen LogP contribution in [0, 0.1) is 11.8 Å². The highest BCUT2D eigenvalue weighted by molar-refractivity contribution is 4.91. The average molecular weight is 237 g/mol. The van der Waals surface area contributed by atoms with Gasteiger partial charge in [0.2, 0.25) is 0 Å². The number of nitrogens with zero attached hydrogens (tertiary/aromatic N) is 1. The Morgan fingerprint density at radius 3 is 2.24 bits per heavy atom. The lowest BCUT2D eigenvalue weighted by Crippen LogP contribution is -2.58. The van der Waals surface area contributed by atoms with Gasteiger partial charge in [-0.1, -0.05) is 19.3 Å². The molecule has 0 amide bonds. The highest BCUT2D eigenvalue weighted by atomic mass is 15.2. The zero-order valence-electron chi connectivity index (χ0n) is 10.9. The summed E-state index contributed by atoms with van der Waals surface area (Å²) in [5.74, 6) is 2.12. The Morgan fingerprint density at radius 1 is 0.941 bits per heavy atom. The summed E-state index contributed by atoms with van der Waals surface area (Å²) in [6.07, 6.45) is 8.62. The van der Waals surface area contributed by atoms with Crippen molar-refractivity contribution < 1.29 is 0 Å². The Balaban J connectivity index is 1.49. The highest BCUT2D eigenvalue weighted by Gasteiger charge is 2.34. The molecule has 98 valence electrons. The van der Waals surface area contributed by atoms with E-state index in [0.717, 1.165) is 24.9 Å². The molecule has 3 N–H and O–H groups in total. The first-order valence-electron chi connectivity index (χ1n) is 7.55. The normalized spacial score (nSPS) is 37.9. The van der Waals surface area contributed by atoms with Crippen LogP contribution in [0.4, 0.5) is 0 Å². The van der Waals surface area contributed by atoms with Crippen LogP contribution in [-0.4, -0.2) is 43.2 Å². The fourth-order valence-corrected chi connectivity index (χ4v) is 3.96. The van der Waals surface area contributed by atoms with Crippen molar-refractivity contribution in [2.24, 2.45) is 17.6 Å². The van der Waals surface area contributed by atoms with Gasteiger partial charge in [-0.2, -0.15) is 0 Å². The number of rotatable bonds is 2. The van der Waals surface area contributed by atoms with Crippen LogP contribution in [0.2, 0.25) is 0 Å². The fourth-order valence-electron chi connectivity index (χ4n) is 3.96. The summed E-state index contributed by atoms with van der Waals surface area (Å²) >= 11 is 0. The molecule has 3 fully saturated rings. The van der Waals surface area contributed by atoms with Crippen molar-refractivity contribution in [3.8, 4) is 0 Å². The molecule has 2 heterocycles. The molecule has 3 heteroatoms. The summed E-state index contributed by atoms with van der Waals surface area (Å²) < 4.78 is 0. The van der Waals surface area contributed by atoms with Gasteiger partial charge in [-0.3, -0.25) is 4.90 Å². The van der Waals surface area contributed by atoms with Crippen LogP contribution in [0.3, 0.4) is 0 Å². The smallest absolute Gasteiger partial charge is 0.0324 e. The van der Waals surface area contributed by atoms with Crippen molar-refractivity contribution in [1.29, 1.82) is 0 Å². The van der Waals surface area contributed by atoms with E-state index >= 15 is 0 Å². The summed E-state index contributed by atoms with van der Waals surface area (Å²) in [5, 5.41) is 3.40. The minimum Gasteiger partial charge on any atom is -0.325 e. The van der Waals surface area contributed by atoms with Crippen molar-refractivity contribution in [2.75, 3.05) is 26.2 Å². The molecule has 0 aromatic heterocycles. The van der Waals surface area contributed by atoms with Crippen molar-refractivity contribution in [3.05, 3.63) is 0 Å². The molecule has 17 heavy (non-hydrogen) atoms. The Hall–Kier alpha value is -0.120. The van der Waals surface area contributed by atoms with E-state index in [2.05, 4.69) is 10.2 Å². The molecular weight excluding hydrogens is 210 g/mol. The van der Waals surface area contributed by atoms with E-state index in [1.165, 1.54) is 51.6 Å². The lowest BCUT2D eigenvalue weighted by atomic mass is 9.72. The molecule has 0 aromatic carbocycles. The van der Waals surface area contributed by atoms with Crippen molar-refractivity contribution in [3.63, 3.8) is 0 Å². The molecule has 2 aliphatic heterocycles. The lowest BCUT2D eigenvalue weighted by molar-refractivity contribution is 0.0631. The quantitative estimate of drug-likeness (QED) is 0.758. The van der Waals surface area contributed by atoms with E-state index in [1.807, 2.05) is 0 Å². The largest absolute Gasteiger partial charge is 0.325 e. The van der Waals surface area contributed by atoms with Crippen LogP contribution < -0.4 is 11.1 Å². The van der Waals surface area contributed by atoms with Gasteiger partial charge >= 0.3 is 0 Å². The van der Waals surface area contributed by atoms with Crippen molar-refractivity contribution in [1.82, 2.24) is 10.2 Å². The predicted octanol–water partition coefficient (Wildman–Crippen LogP) is 1.19. The number of piperidine rings is 2. The van der Waals surface area contributed by atoms with E-state index in [0.29, 0.717) is 12.1 Å². The second kappa shape index (κ2) is 5.25. The van der Waals surface area contributed by atoms with Gasteiger partial charge in [-0.05, 0) is 50.7 Å². The molecule has 0 bridgehead atoms. The molecule has 1 aliphatic carbocycles. The van der Waals surface area contributed by atoms with Gasteiger partial charge in [0.25, 0.3) is 0 Å². The minimum absolute atomic E-state index is 0.351. The summed E-state index contributed by atoms with van der Waals surface area (Å²) in [5.41, 5.74) is 6.24. The van der Waals surface area contributed by atoms with Crippen LogP contribution >= 0.6 is 0 Å². The second-order valence-electron chi connectivity index (χ2n) is 6.29. The topological polar surface area (TPSA) is 41.3 Å². The molecular formula is C14H27N3. The predicted molar refractivity (Wildman–Crippen MR) is 70.9 cm³/mol. The molecule has 3 aliphatic rings. The Morgan fingerprint density at radius 2 is 1.65 bits per heavy atom. The minimum atomic E-state index is 0.351. The van der Waals surface area contributed by atoms with E-state index in [-0.39, 0.29) is 0 Å². The first-order chi connectivity index (χ1) is 8.34. The SMILES string of the molecule is NC1CNCCC1N1CCC(C2CCC2)CC1. The summed E-state index contributed by atoms with van der Waals surface area (Å²) in [7, 11) is 0. The number of nitrogens with two attached hydrogens (primary N) is 1. The third-order valence-electron chi connectivity index (χ3n) is 5.35. The van der Waals surface area contributed by atoms with Gasteiger partial charge in [0.1, 0.15) is 0 Å². The van der Waals surface area contributed by atoms with Gasteiger partial charge in [0.15, 0.2) is 0 Å². The van der Waals surface area contributed by atoms with E-state index in [1.54, 1.807) is 0 Å². The monoisotopic (exact) mass is 237 g/mol. The van der Waals surface area contributed by atoms with Crippen molar-refractivity contribution in [2.45, 2.75) is 50.6 Å². The molecule has 0 spiro atoms. The fraction of sp³-hybridized carbons (Fsp3) is 1.00. The first-order valence-corrected chi connectivity index (χ1v) is 7.55. The molecule has 2 unspecified atom stereocenters. The van der Waals surface area contributed by atoms with E-state index < -0.39 is 0 Å². The maximum atomic E-state index is 6.24. The van der Waals surface area contributed by atoms with Gasteiger partial charge in [0, 0.05) is 18.6 Å². The van der Waals surface area contributed by atoms with Gasteiger partial charge in [0.05, 0.1) is 0 Å². The Labute approximate surface area is 105 Å². The van der Waals surface area contributed by atoms with Gasteiger partial charge in [-0.25, -0.2) is 0 Å². The maximum Gasteiger partial charge on any atom is 0.0324 e. The highest BCUT2D eigenvalue weighted by Crippen LogP contribution is 2.39. The molecule has 2 saturated heterocycles. The van der Waals surface area contributed by atoms with Crippen molar-refractivity contribution >= 4 is 0 Å². The Kier molecular flexibility index (Phi) is 3.69. The molecule has 3 nitrogen and oxygen atoms in total. The second-order valence-corrected chi connectivity index (χ2v) is 6.29. The first kappa shape index (κ1) is 11.9. The van der Waals surface area contributed by atoms with E-state index in [4.69, 9.17) is 5.73 Å². The zero-order chi connectivity index (χ0) is 11.7. The molecule has 1 saturated carbocycles. The van der Waals surface area contributed by atoms with Crippen LogP contribution in [-0.2, 0) is 0 Å². The third kappa shape index (κ3) is 2.51. The zero-order valence-corrected chi connectivity index (χ0v) is 10.9. The number of hydrogen-bond donors (Lipinski definition) is 2. The van der Waals surface area contributed by atoms with Crippen LogP contribution in [0.15, 0.2) is 0 Å². The summed E-state index contributed by atoms with van der Waals surface area (Å²) in [6, 6.07) is 1.00. The molecule has 2 atom stereocenters. The van der Waals surface area contributed by atoms with Gasteiger partial charge in [-0.15, -0.1) is 0 Å². The van der Waals surface area contributed by atoms with Crippen LogP contribution in [0.25, 0.3) is 0 Å². The molecule has 0 aromatic rings. The lowest BCUT2D eigenvalue weighted by Gasteiger charge is -2.45. The van der Waals surface area contributed by atoms with E-state index in [9.17, 15) is 0 Å². The number of likely N-dealkylation sites (tertiary alicyclic amines) is 1. The molecule has 0 radical (unpaired) electrons. The summed E-state index contributed by atoms with van der Waals surface area (Å²) in [6.45, 7) is 4.77. The van der Waals surface area contributed by atoms with Gasteiger partial charge < -0.3 is 11.1 Å². The molecule has 3 rings (SSSR count).